The maximum absolute atomic E-state index is 12.1. The molecular formula is C15H17N3O2S. The molecule has 5 nitrogen and oxygen atoms in total. The summed E-state index contributed by atoms with van der Waals surface area (Å²) in [5.41, 5.74) is 2.09. The summed E-state index contributed by atoms with van der Waals surface area (Å²) in [6, 6.07) is 6.08. The molecule has 1 aliphatic heterocycles. The number of thioether (sulfide) groups is 1. The minimum absolute atomic E-state index is 0.116. The highest BCUT2D eigenvalue weighted by Crippen LogP contribution is 2.24. The second-order valence-electron chi connectivity index (χ2n) is 5.44. The topological polar surface area (TPSA) is 66.1 Å². The van der Waals surface area contributed by atoms with Crippen LogP contribution in [0.1, 0.15) is 18.9 Å². The molecule has 2 aromatic rings. The maximum Gasteiger partial charge on any atom is 0.223 e. The van der Waals surface area contributed by atoms with Gasteiger partial charge in [0.2, 0.25) is 5.91 Å². The van der Waals surface area contributed by atoms with Gasteiger partial charge in [0.05, 0.1) is 11.7 Å². The van der Waals surface area contributed by atoms with Gasteiger partial charge in [-0.2, -0.15) is 5.10 Å². The summed E-state index contributed by atoms with van der Waals surface area (Å²) in [4.78, 5) is 24.9. The van der Waals surface area contributed by atoms with E-state index in [1.807, 2.05) is 23.1 Å². The first kappa shape index (κ1) is 14.1. The quantitative estimate of drug-likeness (QED) is 0.940. The van der Waals surface area contributed by atoms with E-state index in [0.717, 1.165) is 28.8 Å². The van der Waals surface area contributed by atoms with Gasteiger partial charge in [-0.05, 0) is 17.5 Å². The lowest BCUT2D eigenvalue weighted by atomic mass is 10.1. The number of likely N-dealkylation sites (tertiary alicyclic amines) is 1. The van der Waals surface area contributed by atoms with Crippen molar-refractivity contribution in [3.63, 3.8) is 0 Å². The lowest BCUT2D eigenvalue weighted by molar-refractivity contribution is -0.128. The van der Waals surface area contributed by atoms with Gasteiger partial charge in [-0.3, -0.25) is 14.7 Å². The number of rotatable bonds is 4. The maximum atomic E-state index is 12.1. The molecule has 1 saturated heterocycles. The highest BCUT2D eigenvalue weighted by atomic mass is 32.2. The van der Waals surface area contributed by atoms with Crippen molar-refractivity contribution in [2.24, 2.45) is 5.92 Å². The summed E-state index contributed by atoms with van der Waals surface area (Å²) in [6.07, 6.45) is 2.34. The van der Waals surface area contributed by atoms with Crippen LogP contribution in [-0.4, -0.2) is 38.4 Å². The lowest BCUT2D eigenvalue weighted by Crippen LogP contribution is -2.24. The van der Waals surface area contributed by atoms with Crippen LogP contribution in [0, 0.1) is 5.92 Å². The van der Waals surface area contributed by atoms with Crippen molar-refractivity contribution in [2.75, 3.05) is 12.3 Å². The van der Waals surface area contributed by atoms with Gasteiger partial charge in [0.15, 0.2) is 5.12 Å². The van der Waals surface area contributed by atoms with Gasteiger partial charge in [0, 0.05) is 37.6 Å². The van der Waals surface area contributed by atoms with Crippen molar-refractivity contribution in [3.05, 3.63) is 30.0 Å². The van der Waals surface area contributed by atoms with Gasteiger partial charge >= 0.3 is 0 Å². The van der Waals surface area contributed by atoms with Crippen LogP contribution >= 0.6 is 11.8 Å². The molecule has 110 valence electrons. The first-order valence-electron chi connectivity index (χ1n) is 6.95. The molecule has 1 fully saturated rings. The Morgan fingerprint density at radius 2 is 2.38 bits per heavy atom. The predicted molar refractivity (Wildman–Crippen MR) is 82.8 cm³/mol. The monoisotopic (exact) mass is 303 g/mol. The van der Waals surface area contributed by atoms with Crippen molar-refractivity contribution in [3.8, 4) is 0 Å². The molecule has 2 heterocycles. The van der Waals surface area contributed by atoms with Crippen LogP contribution in [0.25, 0.3) is 10.9 Å². The Bertz CT molecular complexity index is 682. The fourth-order valence-electron chi connectivity index (χ4n) is 2.66. The van der Waals surface area contributed by atoms with Crippen LogP contribution in [0.4, 0.5) is 0 Å². The van der Waals surface area contributed by atoms with E-state index >= 15 is 0 Å². The number of carbonyl (C=O) groups excluding carboxylic acids is 2. The fourth-order valence-corrected chi connectivity index (χ4v) is 3.35. The molecule has 1 N–H and O–H groups in total. The first-order chi connectivity index (χ1) is 10.1. The number of hydrogen-bond donors (Lipinski definition) is 1. The minimum Gasteiger partial charge on any atom is -0.338 e. The van der Waals surface area contributed by atoms with E-state index in [-0.39, 0.29) is 16.9 Å². The molecule has 0 spiro atoms. The molecule has 3 rings (SSSR count). The van der Waals surface area contributed by atoms with Crippen molar-refractivity contribution in [1.29, 1.82) is 0 Å². The van der Waals surface area contributed by atoms with Crippen LogP contribution < -0.4 is 0 Å². The second-order valence-corrected chi connectivity index (χ2v) is 6.64. The Morgan fingerprint density at radius 1 is 1.52 bits per heavy atom. The number of aromatic nitrogens is 2. The van der Waals surface area contributed by atoms with Crippen LogP contribution in [-0.2, 0) is 16.1 Å². The van der Waals surface area contributed by atoms with Crippen LogP contribution in [0.15, 0.2) is 24.4 Å². The Labute approximate surface area is 127 Å². The SMILES string of the molecule is CC(=O)SCC1CC(=O)N(Cc2ccc3cn[nH]c3c2)C1. The van der Waals surface area contributed by atoms with Gasteiger partial charge in [-0.25, -0.2) is 0 Å². The molecule has 1 amide bonds. The normalized spacial score (nSPS) is 18.6. The Morgan fingerprint density at radius 3 is 3.19 bits per heavy atom. The zero-order valence-corrected chi connectivity index (χ0v) is 12.7. The van der Waals surface area contributed by atoms with E-state index in [1.54, 1.807) is 13.1 Å². The number of nitrogens with one attached hydrogen (secondary N) is 1. The summed E-state index contributed by atoms with van der Waals surface area (Å²) >= 11 is 1.31. The lowest BCUT2D eigenvalue weighted by Gasteiger charge is -2.16. The summed E-state index contributed by atoms with van der Waals surface area (Å²) in [5.74, 6) is 1.19. The number of fused-ring (bicyclic) bond motifs is 1. The predicted octanol–water partition coefficient (Wildman–Crippen LogP) is 2.19. The molecule has 1 unspecified atom stereocenters. The number of aromatic amines is 1. The number of amides is 1. The molecular weight excluding hydrogens is 286 g/mol. The number of nitrogens with zero attached hydrogens (tertiary/aromatic N) is 2. The second kappa shape index (κ2) is 5.89. The molecule has 6 heteroatoms. The third kappa shape index (κ3) is 3.26. The average molecular weight is 303 g/mol. The largest absolute Gasteiger partial charge is 0.338 e. The number of H-pyrrole nitrogens is 1. The van der Waals surface area contributed by atoms with Crippen molar-refractivity contribution < 1.29 is 9.59 Å². The van der Waals surface area contributed by atoms with Gasteiger partial charge in [0.1, 0.15) is 0 Å². The van der Waals surface area contributed by atoms with Crippen molar-refractivity contribution in [2.45, 2.75) is 19.9 Å². The molecule has 0 aliphatic carbocycles. The summed E-state index contributed by atoms with van der Waals surface area (Å²) in [5, 5.41) is 8.13. The van der Waals surface area contributed by atoms with Crippen molar-refractivity contribution in [1.82, 2.24) is 15.1 Å². The first-order valence-corrected chi connectivity index (χ1v) is 7.93. The number of benzene rings is 1. The highest BCUT2D eigenvalue weighted by molar-refractivity contribution is 8.13. The van der Waals surface area contributed by atoms with E-state index in [2.05, 4.69) is 10.2 Å². The molecule has 21 heavy (non-hydrogen) atoms. The van der Waals surface area contributed by atoms with E-state index < -0.39 is 0 Å². The van der Waals surface area contributed by atoms with E-state index in [4.69, 9.17) is 0 Å². The zero-order chi connectivity index (χ0) is 14.8. The summed E-state index contributed by atoms with van der Waals surface area (Å²) in [7, 11) is 0. The standard InChI is InChI=1S/C15H17N3O2S/c1-10(19)21-9-12-5-15(20)18(8-12)7-11-2-3-13-6-16-17-14(13)4-11/h2-4,6,12H,5,7-9H2,1H3,(H,16,17). The highest BCUT2D eigenvalue weighted by Gasteiger charge is 2.29. The fraction of sp³-hybridized carbons (Fsp3) is 0.400. The van der Waals surface area contributed by atoms with Crippen LogP contribution in [0.2, 0.25) is 0 Å². The Hall–Kier alpha value is -1.82. The third-order valence-electron chi connectivity index (χ3n) is 3.70. The third-order valence-corrected chi connectivity index (χ3v) is 4.74. The molecule has 1 aliphatic rings. The van der Waals surface area contributed by atoms with E-state index in [9.17, 15) is 9.59 Å². The number of hydrogen-bond acceptors (Lipinski definition) is 4. The van der Waals surface area contributed by atoms with Gasteiger partial charge < -0.3 is 4.90 Å². The molecule has 0 bridgehead atoms. The molecule has 0 saturated carbocycles. The van der Waals surface area contributed by atoms with Crippen LogP contribution in [0.3, 0.4) is 0 Å². The molecule has 1 aromatic heterocycles. The summed E-state index contributed by atoms with van der Waals surface area (Å²) in [6.45, 7) is 2.92. The van der Waals surface area contributed by atoms with E-state index in [0.29, 0.717) is 13.0 Å². The van der Waals surface area contributed by atoms with E-state index in [1.165, 1.54) is 11.8 Å². The number of carbonyl (C=O) groups is 2. The molecule has 1 aromatic carbocycles. The van der Waals surface area contributed by atoms with Gasteiger partial charge in [-0.1, -0.05) is 23.9 Å². The minimum atomic E-state index is 0.116. The zero-order valence-electron chi connectivity index (χ0n) is 11.8. The average Bonchev–Trinajstić information content (AvgIpc) is 3.03. The smallest absolute Gasteiger partial charge is 0.223 e. The Balaban J connectivity index is 1.64. The Kier molecular flexibility index (Phi) is 3.96. The summed E-state index contributed by atoms with van der Waals surface area (Å²) < 4.78 is 0. The van der Waals surface area contributed by atoms with Gasteiger partial charge in [0.25, 0.3) is 0 Å². The van der Waals surface area contributed by atoms with Crippen LogP contribution in [0.5, 0.6) is 0 Å². The molecule has 1 atom stereocenters. The van der Waals surface area contributed by atoms with Gasteiger partial charge in [-0.15, -0.1) is 0 Å². The molecule has 0 radical (unpaired) electrons. The van der Waals surface area contributed by atoms with Crippen molar-refractivity contribution >= 4 is 33.7 Å².